The molecule has 5 rings (SSSR count). The second-order valence-corrected chi connectivity index (χ2v) is 14.6. The Hall–Kier alpha value is -5.17. The summed E-state index contributed by atoms with van der Waals surface area (Å²) in [6, 6.07) is 16.3. The fourth-order valence-corrected chi connectivity index (χ4v) is 6.59. The first-order valence-corrected chi connectivity index (χ1v) is 18.0. The van der Waals surface area contributed by atoms with Gasteiger partial charge in [0.2, 0.25) is 0 Å². The Kier molecular flexibility index (Phi) is 11.0. The first-order valence-electron chi connectivity index (χ1n) is 16.5. The van der Waals surface area contributed by atoms with E-state index in [4.69, 9.17) is 18.9 Å². The van der Waals surface area contributed by atoms with Crippen molar-refractivity contribution in [1.82, 2.24) is 15.5 Å². The minimum absolute atomic E-state index is 0.00596. The molecule has 0 saturated carbocycles. The van der Waals surface area contributed by atoms with Crippen molar-refractivity contribution in [3.63, 3.8) is 0 Å². The molecule has 0 aromatic heterocycles. The van der Waals surface area contributed by atoms with Gasteiger partial charge in [-0.15, -0.1) is 0 Å². The molecule has 0 aliphatic carbocycles. The van der Waals surface area contributed by atoms with E-state index in [1.807, 2.05) is 20.8 Å². The van der Waals surface area contributed by atoms with Gasteiger partial charge in [0.1, 0.15) is 0 Å². The van der Waals surface area contributed by atoms with Crippen molar-refractivity contribution in [1.29, 1.82) is 0 Å². The van der Waals surface area contributed by atoms with Crippen molar-refractivity contribution in [2.45, 2.75) is 63.1 Å². The van der Waals surface area contributed by atoms with Gasteiger partial charge < -0.3 is 29.2 Å². The maximum absolute atomic E-state index is 14.0. The lowest BCUT2D eigenvalue weighted by Gasteiger charge is -2.34. The average Bonchev–Trinajstić information content (AvgIpc) is 3.09. The molecule has 0 radical (unpaired) electrons. The molecule has 0 bridgehead atoms. The number of dihydropyridines is 1. The van der Waals surface area contributed by atoms with Gasteiger partial charge in [-0.25, -0.2) is 13.2 Å². The van der Waals surface area contributed by atoms with Crippen LogP contribution in [0.5, 0.6) is 23.0 Å². The Balaban J connectivity index is 1.68. The number of allylic oxidation sites excluding steroid dienone is 2. The molecule has 3 aromatic rings. The van der Waals surface area contributed by atoms with E-state index in [0.29, 0.717) is 18.8 Å². The molecular formula is C37H44N4O8S. The fraction of sp³-hybridized carbons (Fsp3) is 0.351. The Morgan fingerprint density at radius 1 is 0.940 bits per heavy atom. The number of anilines is 1. The number of amides is 2. The van der Waals surface area contributed by atoms with Crippen molar-refractivity contribution in [2.24, 2.45) is 0 Å². The van der Waals surface area contributed by atoms with Crippen LogP contribution in [0.25, 0.3) is 0 Å². The van der Waals surface area contributed by atoms with Gasteiger partial charge in [-0.05, 0) is 79.6 Å². The first-order chi connectivity index (χ1) is 23.8. The highest BCUT2D eigenvalue weighted by atomic mass is 32.2. The van der Waals surface area contributed by atoms with Gasteiger partial charge in [0, 0.05) is 30.9 Å². The topological polar surface area (TPSA) is 145 Å². The highest BCUT2D eigenvalue weighted by Crippen LogP contribution is 2.45. The third kappa shape index (κ3) is 8.51. The maximum atomic E-state index is 14.0. The highest BCUT2D eigenvalue weighted by molar-refractivity contribution is 7.92. The smallest absolute Gasteiger partial charge is 0.411 e. The maximum Gasteiger partial charge on any atom is 0.411 e. The molecule has 266 valence electrons. The SMILES string of the molecule is CCOC(=O)NC1(Oc2cc(C(=O)N3CCCCC3)cc(NS(=O)(=O)c3ccc(C(C)(C)C)cc3)c2Oc2ccccc2OC)C=CC=CN1. The van der Waals surface area contributed by atoms with E-state index in [1.54, 1.807) is 66.6 Å². The molecule has 12 nitrogen and oxygen atoms in total. The lowest BCUT2D eigenvalue weighted by atomic mass is 9.87. The van der Waals surface area contributed by atoms with Gasteiger partial charge in [-0.1, -0.05) is 51.1 Å². The van der Waals surface area contributed by atoms with Crippen LogP contribution in [0.15, 0.2) is 90.0 Å². The summed E-state index contributed by atoms with van der Waals surface area (Å²) in [5.74, 6) is -1.59. The second-order valence-electron chi connectivity index (χ2n) is 12.9. The summed E-state index contributed by atoms with van der Waals surface area (Å²) in [6.45, 7) is 9.00. The summed E-state index contributed by atoms with van der Waals surface area (Å²) < 4.78 is 54.3. The van der Waals surface area contributed by atoms with Crippen LogP contribution in [0.4, 0.5) is 10.5 Å². The Morgan fingerprint density at radius 3 is 2.26 bits per heavy atom. The number of sulfonamides is 1. The zero-order valence-corrected chi connectivity index (χ0v) is 29.8. The Bertz CT molecular complexity index is 1860. The van der Waals surface area contributed by atoms with Crippen molar-refractivity contribution < 1.29 is 37.0 Å². The predicted octanol–water partition coefficient (Wildman–Crippen LogP) is 6.66. The number of rotatable bonds is 11. The van der Waals surface area contributed by atoms with E-state index in [2.05, 4.69) is 15.4 Å². The molecule has 2 aliphatic rings. The van der Waals surface area contributed by atoms with Crippen molar-refractivity contribution >= 4 is 27.7 Å². The van der Waals surface area contributed by atoms with E-state index in [-0.39, 0.29) is 51.3 Å². The van der Waals surface area contributed by atoms with Crippen molar-refractivity contribution in [2.75, 3.05) is 31.5 Å². The van der Waals surface area contributed by atoms with E-state index >= 15 is 0 Å². The summed E-state index contributed by atoms with van der Waals surface area (Å²) in [7, 11) is -2.76. The third-order valence-electron chi connectivity index (χ3n) is 8.17. The monoisotopic (exact) mass is 704 g/mol. The molecule has 3 N–H and O–H groups in total. The zero-order chi connectivity index (χ0) is 35.9. The molecule has 2 amide bonds. The van der Waals surface area contributed by atoms with Crippen LogP contribution in [0, 0.1) is 0 Å². The molecule has 3 aromatic carbocycles. The van der Waals surface area contributed by atoms with Gasteiger partial charge >= 0.3 is 6.09 Å². The molecule has 0 spiro atoms. The lowest BCUT2D eigenvalue weighted by molar-refractivity contribution is 0.0475. The summed E-state index contributed by atoms with van der Waals surface area (Å²) in [5, 5.41) is 5.66. The van der Waals surface area contributed by atoms with Crippen LogP contribution in [-0.4, -0.2) is 58.0 Å². The van der Waals surface area contributed by atoms with E-state index in [0.717, 1.165) is 24.8 Å². The zero-order valence-electron chi connectivity index (χ0n) is 28.9. The molecular weight excluding hydrogens is 660 g/mol. The minimum Gasteiger partial charge on any atom is -0.493 e. The van der Waals surface area contributed by atoms with Gasteiger partial charge in [0.15, 0.2) is 23.0 Å². The molecule has 1 fully saturated rings. The quantitative estimate of drug-likeness (QED) is 0.187. The number of benzene rings is 3. The van der Waals surface area contributed by atoms with Crippen LogP contribution < -0.4 is 29.6 Å². The fourth-order valence-electron chi connectivity index (χ4n) is 5.54. The number of piperidine rings is 1. The number of nitrogens with one attached hydrogen (secondary N) is 3. The van der Waals surface area contributed by atoms with E-state index in [1.165, 1.54) is 37.5 Å². The summed E-state index contributed by atoms with van der Waals surface area (Å²) in [5.41, 5.74) is 0.848. The molecule has 1 saturated heterocycles. The van der Waals surface area contributed by atoms with Crippen molar-refractivity contribution in [3.05, 3.63) is 96.2 Å². The Morgan fingerprint density at radius 2 is 1.64 bits per heavy atom. The Labute approximate surface area is 293 Å². The number of para-hydroxylation sites is 2. The van der Waals surface area contributed by atoms with Crippen LogP contribution in [0.3, 0.4) is 0 Å². The lowest BCUT2D eigenvalue weighted by Crippen LogP contribution is -2.60. The number of likely N-dealkylation sites (tertiary alicyclic amines) is 1. The molecule has 50 heavy (non-hydrogen) atoms. The largest absolute Gasteiger partial charge is 0.493 e. The molecule has 2 aliphatic heterocycles. The normalized spacial score (nSPS) is 17.3. The number of methoxy groups -OCH3 is 1. The molecule has 1 unspecified atom stereocenters. The standard InChI is InChI=1S/C37H44N4O8S/c1-6-47-35(43)39-37(20-10-11-21-38-37)49-32-25-26(34(42)41-22-12-7-13-23-41)24-29(33(32)48-31-15-9-8-14-30(31)46-5)40-50(44,45)28-18-16-27(17-19-28)36(2,3)4/h8-11,14-21,24-25,38,40H,6-7,12-13,22-23H2,1-5H3,(H,39,43). The van der Waals surface area contributed by atoms with Crippen LogP contribution >= 0.6 is 0 Å². The van der Waals surface area contributed by atoms with Crippen LogP contribution in [0.2, 0.25) is 0 Å². The number of carbonyl (C=O) groups is 2. The van der Waals surface area contributed by atoms with E-state index < -0.39 is 22.0 Å². The van der Waals surface area contributed by atoms with Gasteiger partial charge in [-0.2, -0.15) is 0 Å². The minimum atomic E-state index is -4.24. The summed E-state index contributed by atoms with van der Waals surface area (Å²) in [4.78, 5) is 28.4. The summed E-state index contributed by atoms with van der Waals surface area (Å²) >= 11 is 0. The predicted molar refractivity (Wildman–Crippen MR) is 190 cm³/mol. The highest BCUT2D eigenvalue weighted by Gasteiger charge is 2.36. The number of hydrogen-bond acceptors (Lipinski definition) is 9. The van der Waals surface area contributed by atoms with Crippen molar-refractivity contribution in [3.8, 4) is 23.0 Å². The van der Waals surface area contributed by atoms with E-state index in [9.17, 15) is 18.0 Å². The third-order valence-corrected chi connectivity index (χ3v) is 9.55. The second kappa shape index (κ2) is 15.2. The van der Waals surface area contributed by atoms with Crippen LogP contribution in [0.1, 0.15) is 62.9 Å². The molecule has 1 atom stereocenters. The molecule has 13 heteroatoms. The van der Waals surface area contributed by atoms with Gasteiger partial charge in [-0.3, -0.25) is 14.8 Å². The van der Waals surface area contributed by atoms with Crippen LogP contribution in [-0.2, 0) is 20.2 Å². The number of ether oxygens (including phenoxy) is 4. The number of nitrogens with zero attached hydrogens (tertiary/aromatic N) is 1. The summed E-state index contributed by atoms with van der Waals surface area (Å²) in [6.07, 6.45) is 8.36. The van der Waals surface area contributed by atoms with Gasteiger partial charge in [0.25, 0.3) is 21.8 Å². The first kappa shape index (κ1) is 36.1. The average molecular weight is 705 g/mol. The number of alkyl carbamates (subject to hydrolysis) is 1. The number of carbonyl (C=O) groups excluding carboxylic acids is 2. The van der Waals surface area contributed by atoms with Gasteiger partial charge in [0.05, 0.1) is 24.3 Å². The number of hydrogen-bond donors (Lipinski definition) is 3. The molecule has 2 heterocycles.